The first-order valence-electron chi connectivity index (χ1n) is 4.67. The third-order valence-electron chi connectivity index (χ3n) is 3.08. The van der Waals surface area contributed by atoms with Gasteiger partial charge >= 0.3 is 0 Å². The monoisotopic (exact) mass is 169 g/mol. The zero-order chi connectivity index (χ0) is 9.52. The Labute approximate surface area is 74.7 Å². The molecule has 1 aliphatic rings. The third-order valence-corrected chi connectivity index (χ3v) is 3.08. The Kier molecular flexibility index (Phi) is 2.19. The van der Waals surface area contributed by atoms with E-state index < -0.39 is 0 Å². The van der Waals surface area contributed by atoms with Gasteiger partial charge in [-0.15, -0.1) is 0 Å². The van der Waals surface area contributed by atoms with E-state index in [0.717, 1.165) is 0 Å². The predicted octanol–water partition coefficient (Wildman–Crippen LogP) is 1.80. The summed E-state index contributed by atoms with van der Waals surface area (Å²) in [5.41, 5.74) is 0.221. The first kappa shape index (κ1) is 9.56. The van der Waals surface area contributed by atoms with Crippen molar-refractivity contribution in [2.75, 3.05) is 0 Å². The minimum absolute atomic E-state index is 0.221. The first-order valence-corrected chi connectivity index (χ1v) is 4.67. The average molecular weight is 169 g/mol. The maximum absolute atomic E-state index is 11.5. The van der Waals surface area contributed by atoms with E-state index in [0.29, 0.717) is 5.92 Å². The number of rotatable bonds is 2. The van der Waals surface area contributed by atoms with Gasteiger partial charge in [-0.2, -0.15) is 0 Å². The number of hydrogen-bond donors (Lipinski definition) is 1. The molecule has 1 N–H and O–H groups in total. The fourth-order valence-electron chi connectivity index (χ4n) is 1.83. The summed E-state index contributed by atoms with van der Waals surface area (Å²) in [6.45, 7) is 10.4. The molecule has 0 heterocycles. The lowest BCUT2D eigenvalue weighted by Gasteiger charge is -2.08. The van der Waals surface area contributed by atoms with E-state index in [1.54, 1.807) is 0 Å². The Morgan fingerprint density at radius 2 is 1.83 bits per heavy atom. The molecule has 2 atom stereocenters. The lowest BCUT2D eigenvalue weighted by Crippen LogP contribution is -2.32. The van der Waals surface area contributed by atoms with Gasteiger partial charge in [0.05, 0.1) is 0 Å². The van der Waals surface area contributed by atoms with Gasteiger partial charge in [0.15, 0.2) is 0 Å². The van der Waals surface area contributed by atoms with Crippen LogP contribution in [0, 0.1) is 17.3 Å². The molecule has 0 aromatic rings. The molecule has 0 spiro atoms. The van der Waals surface area contributed by atoms with Gasteiger partial charge in [0.25, 0.3) is 0 Å². The molecule has 1 saturated carbocycles. The summed E-state index contributed by atoms with van der Waals surface area (Å²) >= 11 is 0. The third kappa shape index (κ3) is 1.47. The standard InChI is InChI=1S/C10H19NO/c1-6(2)11-9(12)8-7(3)10(8,4)5/h6-8H,1-5H3,(H,11,12). The van der Waals surface area contributed by atoms with E-state index in [2.05, 4.69) is 26.1 Å². The molecular weight excluding hydrogens is 150 g/mol. The Hall–Kier alpha value is -0.530. The lowest BCUT2D eigenvalue weighted by atomic mass is 10.1. The molecule has 12 heavy (non-hydrogen) atoms. The van der Waals surface area contributed by atoms with Crippen LogP contribution in [0.3, 0.4) is 0 Å². The molecule has 70 valence electrons. The smallest absolute Gasteiger partial charge is 0.224 e. The lowest BCUT2D eigenvalue weighted by molar-refractivity contribution is -0.123. The largest absolute Gasteiger partial charge is 0.354 e. The summed E-state index contributed by atoms with van der Waals surface area (Å²) in [7, 11) is 0. The molecule has 0 bridgehead atoms. The van der Waals surface area contributed by atoms with Crippen LogP contribution in [0.5, 0.6) is 0 Å². The van der Waals surface area contributed by atoms with E-state index >= 15 is 0 Å². The molecule has 2 nitrogen and oxygen atoms in total. The molecule has 1 amide bonds. The molecule has 0 aromatic carbocycles. The number of amides is 1. The van der Waals surface area contributed by atoms with Crippen LogP contribution in [0.2, 0.25) is 0 Å². The SMILES string of the molecule is CC(C)NC(=O)C1C(C)C1(C)C. The van der Waals surface area contributed by atoms with Crippen LogP contribution in [0.15, 0.2) is 0 Å². The summed E-state index contributed by atoms with van der Waals surface area (Å²) in [6, 6.07) is 0.265. The highest BCUT2D eigenvalue weighted by Gasteiger charge is 2.58. The zero-order valence-electron chi connectivity index (χ0n) is 8.64. The van der Waals surface area contributed by atoms with Gasteiger partial charge in [-0.3, -0.25) is 4.79 Å². The van der Waals surface area contributed by atoms with Crippen molar-refractivity contribution in [3.05, 3.63) is 0 Å². The Morgan fingerprint density at radius 3 is 2.08 bits per heavy atom. The van der Waals surface area contributed by atoms with Crippen molar-refractivity contribution in [2.45, 2.75) is 40.7 Å². The Bertz CT molecular complexity index is 196. The highest BCUT2D eigenvalue weighted by molar-refractivity contribution is 5.83. The molecule has 0 aliphatic heterocycles. The van der Waals surface area contributed by atoms with Crippen molar-refractivity contribution in [2.24, 2.45) is 17.3 Å². The van der Waals surface area contributed by atoms with Gasteiger partial charge in [0.2, 0.25) is 5.91 Å². The molecule has 0 saturated heterocycles. The summed E-state index contributed by atoms with van der Waals surface area (Å²) in [4.78, 5) is 11.5. The van der Waals surface area contributed by atoms with Crippen LogP contribution < -0.4 is 5.32 Å². The van der Waals surface area contributed by atoms with Gasteiger partial charge in [-0.05, 0) is 25.2 Å². The molecular formula is C10H19NO. The maximum atomic E-state index is 11.5. The van der Waals surface area contributed by atoms with Crippen molar-refractivity contribution in [3.63, 3.8) is 0 Å². The normalized spacial score (nSPS) is 31.8. The van der Waals surface area contributed by atoms with Crippen molar-refractivity contribution >= 4 is 5.91 Å². The van der Waals surface area contributed by atoms with E-state index in [1.807, 2.05) is 13.8 Å². The summed E-state index contributed by atoms with van der Waals surface area (Å²) in [5, 5.41) is 2.95. The summed E-state index contributed by atoms with van der Waals surface area (Å²) in [5.74, 6) is 0.999. The fraction of sp³-hybridized carbons (Fsp3) is 0.900. The van der Waals surface area contributed by atoms with E-state index in [4.69, 9.17) is 0 Å². The summed E-state index contributed by atoms with van der Waals surface area (Å²) in [6.07, 6.45) is 0. The van der Waals surface area contributed by atoms with Crippen molar-refractivity contribution in [3.8, 4) is 0 Å². The molecule has 1 fully saturated rings. The van der Waals surface area contributed by atoms with Gasteiger partial charge in [-0.25, -0.2) is 0 Å². The van der Waals surface area contributed by atoms with Crippen LogP contribution in [-0.4, -0.2) is 11.9 Å². The Morgan fingerprint density at radius 1 is 1.42 bits per heavy atom. The van der Waals surface area contributed by atoms with Crippen LogP contribution >= 0.6 is 0 Å². The van der Waals surface area contributed by atoms with E-state index in [1.165, 1.54) is 0 Å². The van der Waals surface area contributed by atoms with Crippen LogP contribution in [0.25, 0.3) is 0 Å². The van der Waals surface area contributed by atoms with Gasteiger partial charge < -0.3 is 5.32 Å². The topological polar surface area (TPSA) is 29.1 Å². The number of nitrogens with one attached hydrogen (secondary N) is 1. The number of carbonyl (C=O) groups is 1. The van der Waals surface area contributed by atoms with Gasteiger partial charge in [0.1, 0.15) is 0 Å². The maximum Gasteiger partial charge on any atom is 0.224 e. The average Bonchev–Trinajstić information content (AvgIpc) is 2.30. The zero-order valence-corrected chi connectivity index (χ0v) is 8.64. The van der Waals surface area contributed by atoms with Crippen molar-refractivity contribution in [1.82, 2.24) is 5.32 Å². The highest BCUT2D eigenvalue weighted by atomic mass is 16.2. The van der Waals surface area contributed by atoms with E-state index in [-0.39, 0.29) is 23.3 Å². The molecule has 2 unspecified atom stereocenters. The van der Waals surface area contributed by atoms with Crippen LogP contribution in [0.4, 0.5) is 0 Å². The number of hydrogen-bond acceptors (Lipinski definition) is 1. The second kappa shape index (κ2) is 2.75. The van der Waals surface area contributed by atoms with Crippen molar-refractivity contribution in [1.29, 1.82) is 0 Å². The van der Waals surface area contributed by atoms with Gasteiger partial charge in [-0.1, -0.05) is 20.8 Å². The van der Waals surface area contributed by atoms with E-state index in [9.17, 15) is 4.79 Å². The second-order valence-electron chi connectivity index (χ2n) is 4.75. The fourth-order valence-corrected chi connectivity index (χ4v) is 1.83. The Balaban J connectivity index is 2.47. The van der Waals surface area contributed by atoms with Crippen LogP contribution in [-0.2, 0) is 4.79 Å². The second-order valence-corrected chi connectivity index (χ2v) is 4.75. The van der Waals surface area contributed by atoms with Gasteiger partial charge in [0, 0.05) is 12.0 Å². The molecule has 2 heteroatoms. The number of carbonyl (C=O) groups excluding carboxylic acids is 1. The first-order chi connectivity index (χ1) is 5.37. The minimum atomic E-state index is 0.221. The summed E-state index contributed by atoms with van der Waals surface area (Å²) < 4.78 is 0. The predicted molar refractivity (Wildman–Crippen MR) is 49.7 cm³/mol. The van der Waals surface area contributed by atoms with Crippen molar-refractivity contribution < 1.29 is 4.79 Å². The molecule has 1 aliphatic carbocycles. The molecule has 1 rings (SSSR count). The minimum Gasteiger partial charge on any atom is -0.354 e. The molecule has 0 aromatic heterocycles. The van der Waals surface area contributed by atoms with Crippen LogP contribution in [0.1, 0.15) is 34.6 Å². The highest BCUT2D eigenvalue weighted by Crippen LogP contribution is 2.57. The quantitative estimate of drug-likeness (QED) is 0.671. The molecule has 0 radical (unpaired) electrons.